The van der Waals surface area contributed by atoms with Gasteiger partial charge in [0.1, 0.15) is 73.2 Å². The minimum atomic E-state index is -1.99. The summed E-state index contributed by atoms with van der Waals surface area (Å²) in [7, 11) is 0. The van der Waals surface area contributed by atoms with Gasteiger partial charge in [0.2, 0.25) is 5.91 Å². The quantitative estimate of drug-likeness (QED) is 0.0199. The molecule has 3 aliphatic rings. The van der Waals surface area contributed by atoms with E-state index in [1.54, 1.807) is 6.08 Å². The standard InChI is InChI=1S/C85H147NO18/c1-3-5-7-9-11-13-15-17-19-21-23-25-27-29-31-33-34-35-37-39-41-43-45-47-49-51-53-55-57-59-61-63-73(91)86-68(69(90)62-60-58-56-54-52-50-48-46-44-42-40-38-36-32-30-28-26-24-22-20-18-16-14-12-10-8-6-4-2)67-99-83-79(97)76(94)81(71(65-88)101-83)104-85-80(98)77(95)82(72(66-89)102-85)103-84-78(96)75(93)74(92)70(64-87)100-84/h5,7,11,13,17,19,23,25,29,31,34-35,39,41,52,54,60,62,68-72,74-85,87-90,92-98H,3-4,6,8-10,12,14-16,18,20-22,24,26-28,30,32-33,36-38,40,42-51,53,55-59,61,63-67H2,1-2H3,(H,86,91)/b7-5-,13-11-,19-17-,25-23-,31-29-,35-34-,41-39-,54-52+,62-60+. The lowest BCUT2D eigenvalue weighted by Gasteiger charge is -2.48. The smallest absolute Gasteiger partial charge is 0.220 e. The molecule has 19 heteroatoms. The van der Waals surface area contributed by atoms with Crippen LogP contribution in [0.4, 0.5) is 0 Å². The maximum atomic E-state index is 13.5. The first-order valence-corrected chi connectivity index (χ1v) is 41.1. The number of unbranched alkanes of at least 4 members (excludes halogenated alkanes) is 32. The molecule has 1 amide bonds. The second-order valence-electron chi connectivity index (χ2n) is 28.8. The van der Waals surface area contributed by atoms with E-state index in [0.717, 1.165) is 96.3 Å². The predicted octanol–water partition coefficient (Wildman–Crippen LogP) is 14.1. The molecule has 19 nitrogen and oxygen atoms in total. The second kappa shape index (κ2) is 64.3. The molecule has 0 spiro atoms. The molecule has 3 saturated heterocycles. The third kappa shape index (κ3) is 43.6. The minimum Gasteiger partial charge on any atom is -0.394 e. The molecule has 0 aromatic carbocycles. The highest BCUT2D eigenvalue weighted by molar-refractivity contribution is 5.76. The zero-order valence-corrected chi connectivity index (χ0v) is 64.2. The zero-order chi connectivity index (χ0) is 75.3. The van der Waals surface area contributed by atoms with Crippen LogP contribution in [0.15, 0.2) is 109 Å². The van der Waals surface area contributed by atoms with Gasteiger partial charge in [0.15, 0.2) is 18.9 Å². The largest absolute Gasteiger partial charge is 0.394 e. The maximum Gasteiger partial charge on any atom is 0.220 e. The lowest BCUT2D eigenvalue weighted by atomic mass is 9.96. The van der Waals surface area contributed by atoms with Gasteiger partial charge in [-0.15, -0.1) is 0 Å². The molecule has 12 N–H and O–H groups in total. The Morgan fingerprint density at radius 3 is 1.08 bits per heavy atom. The number of carbonyl (C=O) groups excluding carboxylic acids is 1. The lowest BCUT2D eigenvalue weighted by molar-refractivity contribution is -0.379. The number of aliphatic hydroxyl groups excluding tert-OH is 11. The second-order valence-corrected chi connectivity index (χ2v) is 28.8. The Balaban J connectivity index is 1.39. The minimum absolute atomic E-state index is 0.222. The summed E-state index contributed by atoms with van der Waals surface area (Å²) in [6.07, 6.45) is 62.1. The molecule has 0 saturated carbocycles. The summed E-state index contributed by atoms with van der Waals surface area (Å²) >= 11 is 0. The number of ether oxygens (including phenoxy) is 6. The van der Waals surface area contributed by atoms with Crippen LogP contribution in [0.1, 0.15) is 290 Å². The van der Waals surface area contributed by atoms with Gasteiger partial charge >= 0.3 is 0 Å². The lowest BCUT2D eigenvalue weighted by Crippen LogP contribution is -2.66. The zero-order valence-electron chi connectivity index (χ0n) is 64.2. The van der Waals surface area contributed by atoms with E-state index >= 15 is 0 Å². The molecular weight excluding hydrogens is 1320 g/mol. The third-order valence-electron chi connectivity index (χ3n) is 19.8. The van der Waals surface area contributed by atoms with Crippen LogP contribution in [-0.4, -0.2) is 193 Å². The average Bonchev–Trinajstić information content (AvgIpc) is 0.783. The summed E-state index contributed by atoms with van der Waals surface area (Å²) in [6.45, 7) is 1.62. The fraction of sp³-hybridized carbons (Fsp3) is 0.776. The van der Waals surface area contributed by atoms with Crippen LogP contribution >= 0.6 is 0 Å². The Bertz CT molecular complexity index is 2300. The van der Waals surface area contributed by atoms with E-state index < -0.39 is 124 Å². The Morgan fingerprint density at radius 1 is 0.356 bits per heavy atom. The molecule has 3 fully saturated rings. The van der Waals surface area contributed by atoms with Crippen LogP contribution in [-0.2, 0) is 33.2 Å². The monoisotopic (exact) mass is 1470 g/mol. The summed E-state index contributed by atoms with van der Waals surface area (Å²) in [4.78, 5) is 13.5. The van der Waals surface area contributed by atoms with Gasteiger partial charge in [-0.25, -0.2) is 0 Å². The van der Waals surface area contributed by atoms with Crippen molar-refractivity contribution in [3.8, 4) is 0 Å². The molecule has 17 atom stereocenters. The highest BCUT2D eigenvalue weighted by Gasteiger charge is 2.54. The Hall–Kier alpha value is -3.55. The van der Waals surface area contributed by atoms with Gasteiger partial charge < -0.3 is 89.9 Å². The number of hydrogen-bond acceptors (Lipinski definition) is 18. The van der Waals surface area contributed by atoms with Gasteiger partial charge in [-0.05, 0) is 89.9 Å². The maximum absolute atomic E-state index is 13.5. The van der Waals surface area contributed by atoms with E-state index in [1.165, 1.54) is 161 Å². The van der Waals surface area contributed by atoms with Crippen LogP contribution in [0.25, 0.3) is 0 Å². The normalized spacial score (nSPS) is 26.5. The van der Waals surface area contributed by atoms with E-state index in [9.17, 15) is 61.0 Å². The van der Waals surface area contributed by atoms with Crippen molar-refractivity contribution in [2.75, 3.05) is 26.4 Å². The van der Waals surface area contributed by atoms with Crippen molar-refractivity contribution in [2.24, 2.45) is 0 Å². The molecule has 0 aromatic rings. The Morgan fingerprint density at radius 2 is 0.673 bits per heavy atom. The van der Waals surface area contributed by atoms with Crippen LogP contribution in [0.3, 0.4) is 0 Å². The van der Waals surface area contributed by atoms with Gasteiger partial charge in [0.25, 0.3) is 0 Å². The van der Waals surface area contributed by atoms with Gasteiger partial charge in [-0.1, -0.05) is 303 Å². The predicted molar refractivity (Wildman–Crippen MR) is 415 cm³/mol. The van der Waals surface area contributed by atoms with Gasteiger partial charge in [-0.3, -0.25) is 4.79 Å². The summed E-state index contributed by atoms with van der Waals surface area (Å²) in [5.74, 6) is -0.294. The molecular formula is C85H147NO18. The number of rotatable bonds is 64. The van der Waals surface area contributed by atoms with Gasteiger partial charge in [0.05, 0.1) is 38.6 Å². The number of nitrogens with one attached hydrogen (secondary N) is 1. The van der Waals surface area contributed by atoms with Crippen molar-refractivity contribution in [2.45, 2.75) is 394 Å². The first-order chi connectivity index (χ1) is 50.8. The SMILES string of the molecule is CC/C=C\C/C=C\C/C=C\C/C=C\C/C=C\C/C=C\C/C=C\CCCCCCCCCCCC(=O)NC(COC1OC(CO)C(OC2OC(CO)C(OC3OC(CO)C(O)C(O)C3O)C(O)C2O)C(O)C1O)C(O)/C=C/CC/C=C/CCCCCCCCCCCCCCCCCCCCCCCC. The fourth-order valence-corrected chi connectivity index (χ4v) is 13.2. The topological polar surface area (TPSA) is 307 Å². The van der Waals surface area contributed by atoms with Crippen molar-refractivity contribution < 1.29 is 89.4 Å². The number of allylic oxidation sites excluding steroid dienone is 17. The summed E-state index contributed by atoms with van der Waals surface area (Å²) < 4.78 is 34.4. The Kier molecular flexibility index (Phi) is 58.5. The molecule has 0 bridgehead atoms. The number of amides is 1. The first-order valence-electron chi connectivity index (χ1n) is 41.1. The van der Waals surface area contributed by atoms with Crippen LogP contribution in [0.5, 0.6) is 0 Å². The molecule has 3 rings (SSSR count). The van der Waals surface area contributed by atoms with Crippen LogP contribution in [0, 0.1) is 0 Å². The molecule has 3 heterocycles. The highest BCUT2D eigenvalue weighted by Crippen LogP contribution is 2.33. The van der Waals surface area contributed by atoms with Crippen molar-refractivity contribution in [3.63, 3.8) is 0 Å². The molecule has 0 aromatic heterocycles. The van der Waals surface area contributed by atoms with Crippen LogP contribution in [0.2, 0.25) is 0 Å². The van der Waals surface area contributed by atoms with E-state index in [0.29, 0.717) is 12.8 Å². The molecule has 104 heavy (non-hydrogen) atoms. The van der Waals surface area contributed by atoms with Crippen molar-refractivity contribution in [3.05, 3.63) is 109 Å². The van der Waals surface area contributed by atoms with Crippen molar-refractivity contribution in [1.82, 2.24) is 5.32 Å². The van der Waals surface area contributed by atoms with Gasteiger partial charge in [-0.2, -0.15) is 0 Å². The van der Waals surface area contributed by atoms with E-state index in [-0.39, 0.29) is 18.9 Å². The summed E-state index contributed by atoms with van der Waals surface area (Å²) in [6, 6.07) is -1.00. The molecule has 0 aliphatic carbocycles. The Labute approximate surface area is 627 Å². The summed E-state index contributed by atoms with van der Waals surface area (Å²) in [5.41, 5.74) is 0. The molecule has 0 radical (unpaired) electrons. The number of hydrogen-bond donors (Lipinski definition) is 12. The highest BCUT2D eigenvalue weighted by atomic mass is 16.8. The number of carbonyl (C=O) groups is 1. The van der Waals surface area contributed by atoms with E-state index in [2.05, 4.69) is 116 Å². The van der Waals surface area contributed by atoms with Crippen molar-refractivity contribution in [1.29, 1.82) is 0 Å². The third-order valence-corrected chi connectivity index (χ3v) is 19.8. The fourth-order valence-electron chi connectivity index (χ4n) is 13.2. The van der Waals surface area contributed by atoms with Crippen molar-refractivity contribution >= 4 is 5.91 Å². The number of aliphatic hydroxyl groups is 11. The van der Waals surface area contributed by atoms with Crippen LogP contribution < -0.4 is 5.32 Å². The van der Waals surface area contributed by atoms with Gasteiger partial charge in [0, 0.05) is 6.42 Å². The average molecular weight is 1470 g/mol. The summed E-state index contributed by atoms with van der Waals surface area (Å²) in [5, 5.41) is 121. The van der Waals surface area contributed by atoms with E-state index in [1.807, 2.05) is 6.08 Å². The first kappa shape index (κ1) is 94.7. The molecule has 17 unspecified atom stereocenters. The molecule has 600 valence electrons. The van der Waals surface area contributed by atoms with E-state index in [4.69, 9.17) is 28.4 Å². The molecule has 3 aliphatic heterocycles.